The van der Waals surface area contributed by atoms with Crippen LogP contribution in [0.1, 0.15) is 32.6 Å². The van der Waals surface area contributed by atoms with Gasteiger partial charge in [-0.15, -0.1) is 0 Å². The molecule has 0 unspecified atom stereocenters. The fraction of sp³-hybridized carbons (Fsp3) is 0.800. The van der Waals surface area contributed by atoms with Gasteiger partial charge in [0.05, 0.1) is 7.11 Å². The van der Waals surface area contributed by atoms with Crippen LogP contribution in [0.2, 0.25) is 0 Å². The molecule has 0 aliphatic heterocycles. The second-order valence-corrected chi connectivity index (χ2v) is 3.89. The Labute approximate surface area is 83.2 Å². The van der Waals surface area contributed by atoms with E-state index in [4.69, 9.17) is 0 Å². The SMILES string of the molecule is COC(=O)C(=O)[C@@]1(O)CCCC[C@H]1C. The van der Waals surface area contributed by atoms with Crippen LogP contribution in [-0.2, 0) is 14.3 Å². The molecule has 0 spiro atoms. The molecule has 0 heterocycles. The monoisotopic (exact) mass is 200 g/mol. The maximum atomic E-state index is 11.5. The molecule has 14 heavy (non-hydrogen) atoms. The Morgan fingerprint density at radius 3 is 2.57 bits per heavy atom. The Morgan fingerprint density at radius 2 is 2.07 bits per heavy atom. The van der Waals surface area contributed by atoms with Crippen LogP contribution in [0.15, 0.2) is 0 Å². The molecule has 80 valence electrons. The fourth-order valence-corrected chi connectivity index (χ4v) is 1.94. The number of hydrogen-bond acceptors (Lipinski definition) is 4. The molecule has 1 N–H and O–H groups in total. The number of carbonyl (C=O) groups excluding carboxylic acids is 2. The molecule has 0 aromatic heterocycles. The Balaban J connectivity index is 2.81. The number of carbonyl (C=O) groups is 2. The molecular formula is C10H16O4. The summed E-state index contributed by atoms with van der Waals surface area (Å²) in [5.74, 6) is -1.91. The summed E-state index contributed by atoms with van der Waals surface area (Å²) in [4.78, 5) is 22.6. The number of rotatable bonds is 2. The molecule has 1 fully saturated rings. The summed E-state index contributed by atoms with van der Waals surface area (Å²) in [5.41, 5.74) is -1.49. The topological polar surface area (TPSA) is 63.6 Å². The van der Waals surface area contributed by atoms with Crippen molar-refractivity contribution in [3.63, 3.8) is 0 Å². The van der Waals surface area contributed by atoms with Gasteiger partial charge in [0.15, 0.2) is 0 Å². The summed E-state index contributed by atoms with van der Waals surface area (Å²) in [6, 6.07) is 0. The molecule has 0 bridgehead atoms. The van der Waals surface area contributed by atoms with Gasteiger partial charge in [-0.3, -0.25) is 4.79 Å². The standard InChI is InChI=1S/C10H16O4/c1-7-5-3-4-6-10(7,13)8(11)9(12)14-2/h7,13H,3-6H2,1-2H3/t7-,10-/m1/s1. The van der Waals surface area contributed by atoms with Crippen LogP contribution in [0, 0.1) is 5.92 Å². The van der Waals surface area contributed by atoms with Gasteiger partial charge in [0.1, 0.15) is 5.60 Å². The molecule has 1 rings (SSSR count). The van der Waals surface area contributed by atoms with Gasteiger partial charge in [-0.25, -0.2) is 4.79 Å². The van der Waals surface area contributed by atoms with Crippen LogP contribution >= 0.6 is 0 Å². The van der Waals surface area contributed by atoms with Gasteiger partial charge >= 0.3 is 5.97 Å². The first-order valence-corrected chi connectivity index (χ1v) is 4.87. The summed E-state index contributed by atoms with van der Waals surface area (Å²) < 4.78 is 4.33. The lowest BCUT2D eigenvalue weighted by atomic mass is 9.74. The summed E-state index contributed by atoms with van der Waals surface area (Å²) in [5, 5.41) is 10.1. The number of aliphatic hydroxyl groups is 1. The zero-order valence-electron chi connectivity index (χ0n) is 8.58. The van der Waals surface area contributed by atoms with Gasteiger partial charge < -0.3 is 9.84 Å². The van der Waals surface area contributed by atoms with Crippen molar-refractivity contribution in [3.05, 3.63) is 0 Å². The third kappa shape index (κ3) is 1.80. The summed E-state index contributed by atoms with van der Waals surface area (Å²) in [6.07, 6.45) is 2.92. The molecule has 1 aliphatic carbocycles. The lowest BCUT2D eigenvalue weighted by molar-refractivity contribution is -0.166. The number of ketones is 1. The van der Waals surface area contributed by atoms with E-state index in [0.29, 0.717) is 6.42 Å². The molecule has 0 saturated heterocycles. The van der Waals surface area contributed by atoms with E-state index >= 15 is 0 Å². The van der Waals surface area contributed by atoms with Crippen molar-refractivity contribution >= 4 is 11.8 Å². The molecule has 0 radical (unpaired) electrons. The number of ether oxygens (including phenoxy) is 1. The van der Waals surface area contributed by atoms with Gasteiger partial charge in [0.25, 0.3) is 5.78 Å². The average molecular weight is 200 g/mol. The molecule has 0 aromatic rings. The van der Waals surface area contributed by atoms with E-state index in [9.17, 15) is 14.7 Å². The van der Waals surface area contributed by atoms with Crippen LogP contribution in [0.3, 0.4) is 0 Å². The van der Waals surface area contributed by atoms with Crippen molar-refractivity contribution in [1.29, 1.82) is 0 Å². The minimum atomic E-state index is -1.49. The van der Waals surface area contributed by atoms with Gasteiger partial charge in [0, 0.05) is 0 Å². The van der Waals surface area contributed by atoms with Crippen LogP contribution in [0.4, 0.5) is 0 Å². The zero-order chi connectivity index (χ0) is 10.8. The highest BCUT2D eigenvalue weighted by atomic mass is 16.5. The third-order valence-corrected chi connectivity index (χ3v) is 3.02. The van der Waals surface area contributed by atoms with Crippen molar-refractivity contribution in [2.24, 2.45) is 5.92 Å². The fourth-order valence-electron chi connectivity index (χ4n) is 1.94. The van der Waals surface area contributed by atoms with Gasteiger partial charge in [-0.05, 0) is 18.8 Å². The predicted molar refractivity (Wildman–Crippen MR) is 49.6 cm³/mol. The van der Waals surface area contributed by atoms with Crippen LogP contribution < -0.4 is 0 Å². The van der Waals surface area contributed by atoms with Crippen LogP contribution in [0.25, 0.3) is 0 Å². The molecule has 4 nitrogen and oxygen atoms in total. The van der Waals surface area contributed by atoms with E-state index in [1.54, 1.807) is 6.92 Å². The van der Waals surface area contributed by atoms with E-state index in [1.807, 2.05) is 0 Å². The van der Waals surface area contributed by atoms with E-state index in [0.717, 1.165) is 26.4 Å². The van der Waals surface area contributed by atoms with Crippen molar-refractivity contribution in [2.75, 3.05) is 7.11 Å². The number of methoxy groups -OCH3 is 1. The average Bonchev–Trinajstić information content (AvgIpc) is 2.20. The molecule has 0 aromatic carbocycles. The first-order valence-electron chi connectivity index (χ1n) is 4.87. The van der Waals surface area contributed by atoms with Crippen LogP contribution in [-0.4, -0.2) is 29.6 Å². The van der Waals surface area contributed by atoms with Crippen molar-refractivity contribution < 1.29 is 19.4 Å². The van der Waals surface area contributed by atoms with Crippen molar-refractivity contribution in [2.45, 2.75) is 38.2 Å². The minimum Gasteiger partial charge on any atom is -0.463 e. The normalized spacial score (nSPS) is 32.4. The van der Waals surface area contributed by atoms with E-state index in [-0.39, 0.29) is 5.92 Å². The number of Topliss-reactive ketones (excluding diaryl/α,β-unsaturated/α-hetero) is 1. The molecule has 1 aliphatic rings. The summed E-state index contributed by atoms with van der Waals surface area (Å²) >= 11 is 0. The smallest absolute Gasteiger partial charge is 0.377 e. The highest BCUT2D eigenvalue weighted by Gasteiger charge is 2.46. The molecular weight excluding hydrogens is 184 g/mol. The van der Waals surface area contributed by atoms with Crippen molar-refractivity contribution in [1.82, 2.24) is 0 Å². The van der Waals surface area contributed by atoms with E-state index in [2.05, 4.69) is 4.74 Å². The second-order valence-electron chi connectivity index (χ2n) is 3.89. The maximum absolute atomic E-state index is 11.5. The first-order chi connectivity index (χ1) is 6.52. The second kappa shape index (κ2) is 4.09. The van der Waals surface area contributed by atoms with Gasteiger partial charge in [0.2, 0.25) is 0 Å². The largest absolute Gasteiger partial charge is 0.463 e. The summed E-state index contributed by atoms with van der Waals surface area (Å²) in [7, 11) is 1.15. The summed E-state index contributed by atoms with van der Waals surface area (Å²) in [6.45, 7) is 1.79. The number of esters is 1. The third-order valence-electron chi connectivity index (χ3n) is 3.02. The molecule has 0 amide bonds. The van der Waals surface area contributed by atoms with Gasteiger partial charge in [-0.1, -0.05) is 19.8 Å². The van der Waals surface area contributed by atoms with E-state index in [1.165, 1.54) is 0 Å². The Kier molecular flexibility index (Phi) is 3.26. The highest BCUT2D eigenvalue weighted by molar-refractivity contribution is 6.36. The first kappa shape index (κ1) is 11.2. The lowest BCUT2D eigenvalue weighted by Gasteiger charge is -2.35. The zero-order valence-corrected chi connectivity index (χ0v) is 8.58. The lowest BCUT2D eigenvalue weighted by Crippen LogP contribution is -2.50. The van der Waals surface area contributed by atoms with Crippen LogP contribution in [0.5, 0.6) is 0 Å². The Hall–Kier alpha value is -0.900. The maximum Gasteiger partial charge on any atom is 0.377 e. The minimum absolute atomic E-state index is 0.164. The van der Waals surface area contributed by atoms with Crippen molar-refractivity contribution in [3.8, 4) is 0 Å². The molecule has 2 atom stereocenters. The Bertz CT molecular complexity index is 249. The molecule has 4 heteroatoms. The Morgan fingerprint density at radius 1 is 1.43 bits per heavy atom. The molecule has 1 saturated carbocycles. The van der Waals surface area contributed by atoms with E-state index < -0.39 is 17.4 Å². The van der Waals surface area contributed by atoms with Gasteiger partial charge in [-0.2, -0.15) is 0 Å². The quantitative estimate of drug-likeness (QED) is 0.525. The highest BCUT2D eigenvalue weighted by Crippen LogP contribution is 2.34. The number of hydrogen-bond donors (Lipinski definition) is 1. The predicted octanol–water partition coefficient (Wildman–Crippen LogP) is 0.670.